The summed E-state index contributed by atoms with van der Waals surface area (Å²) in [7, 11) is 0. The van der Waals surface area contributed by atoms with E-state index in [0.29, 0.717) is 18.3 Å². The molecule has 0 unspecified atom stereocenters. The van der Waals surface area contributed by atoms with Crippen molar-refractivity contribution < 1.29 is 8.78 Å². The second kappa shape index (κ2) is 9.31. The summed E-state index contributed by atoms with van der Waals surface area (Å²) >= 11 is 0. The molecule has 1 nitrogen and oxygen atoms in total. The molecule has 0 amide bonds. The van der Waals surface area contributed by atoms with Crippen molar-refractivity contribution in [3.63, 3.8) is 0 Å². The van der Waals surface area contributed by atoms with Crippen molar-refractivity contribution in [1.29, 1.82) is 5.26 Å². The fraction of sp³-hybridized carbons (Fsp3) is 0.609. The van der Waals surface area contributed by atoms with Gasteiger partial charge in [0.1, 0.15) is 11.9 Å². The van der Waals surface area contributed by atoms with E-state index < -0.39 is 0 Å². The minimum absolute atomic E-state index is 0.139. The molecule has 2 fully saturated rings. The van der Waals surface area contributed by atoms with Crippen LogP contribution in [0.3, 0.4) is 0 Å². The van der Waals surface area contributed by atoms with E-state index in [9.17, 15) is 8.78 Å². The minimum Gasteiger partial charge on any atom is -0.251 e. The number of alkyl halides is 1. The number of halogens is 2. The summed E-state index contributed by atoms with van der Waals surface area (Å²) in [6.45, 7) is -0.252. The van der Waals surface area contributed by atoms with E-state index in [2.05, 4.69) is 6.08 Å². The average molecular weight is 357 g/mol. The molecule has 0 saturated heterocycles. The first-order chi connectivity index (χ1) is 12.7. The molecule has 2 saturated carbocycles. The Hall–Kier alpha value is -1.69. The van der Waals surface area contributed by atoms with Crippen LogP contribution in [-0.2, 0) is 0 Å². The van der Waals surface area contributed by atoms with Gasteiger partial charge in [-0.25, -0.2) is 4.39 Å². The Labute approximate surface area is 156 Å². The predicted octanol–water partition coefficient (Wildman–Crippen LogP) is 6.69. The van der Waals surface area contributed by atoms with Crippen LogP contribution >= 0.6 is 0 Å². The molecule has 1 aromatic rings. The van der Waals surface area contributed by atoms with Gasteiger partial charge in [0.25, 0.3) is 0 Å². The predicted molar refractivity (Wildman–Crippen MR) is 101 cm³/mol. The van der Waals surface area contributed by atoms with Crippen molar-refractivity contribution in [3.05, 3.63) is 47.3 Å². The lowest BCUT2D eigenvalue weighted by atomic mass is 9.68. The third-order valence-electron chi connectivity index (χ3n) is 6.52. The lowest BCUT2D eigenvalue weighted by Gasteiger charge is -2.37. The summed E-state index contributed by atoms with van der Waals surface area (Å²) in [5.41, 5.74) is 1.20. The van der Waals surface area contributed by atoms with Gasteiger partial charge in [0, 0.05) is 0 Å². The number of benzene rings is 1. The first kappa shape index (κ1) is 19.1. The molecule has 0 spiro atoms. The molecule has 0 N–H and O–H groups in total. The Balaban J connectivity index is 1.47. The first-order valence-electron chi connectivity index (χ1n) is 10.1. The number of nitrogens with zero attached hydrogens (tertiary/aromatic N) is 1. The molecular weight excluding hydrogens is 328 g/mol. The zero-order valence-electron chi connectivity index (χ0n) is 15.5. The Morgan fingerprint density at radius 2 is 1.65 bits per heavy atom. The monoisotopic (exact) mass is 357 g/mol. The van der Waals surface area contributed by atoms with E-state index in [0.717, 1.165) is 30.2 Å². The zero-order chi connectivity index (χ0) is 18.4. The van der Waals surface area contributed by atoms with Gasteiger partial charge >= 0.3 is 0 Å². The van der Waals surface area contributed by atoms with Crippen LogP contribution in [-0.4, -0.2) is 6.67 Å². The molecule has 1 aromatic carbocycles. The summed E-state index contributed by atoms with van der Waals surface area (Å²) < 4.78 is 26.1. The number of nitriles is 1. The van der Waals surface area contributed by atoms with Gasteiger partial charge in [0.2, 0.25) is 0 Å². The highest BCUT2D eigenvalue weighted by Gasteiger charge is 2.30. The molecule has 2 aliphatic carbocycles. The summed E-state index contributed by atoms with van der Waals surface area (Å²) in [5.74, 6) is 2.35. The minimum atomic E-state index is -0.383. The van der Waals surface area contributed by atoms with Crippen LogP contribution in [0.1, 0.15) is 74.8 Å². The van der Waals surface area contributed by atoms with Gasteiger partial charge in [-0.3, -0.25) is 4.39 Å². The fourth-order valence-electron chi connectivity index (χ4n) is 4.96. The van der Waals surface area contributed by atoms with Crippen LogP contribution < -0.4 is 0 Å². The molecule has 3 rings (SSSR count). The van der Waals surface area contributed by atoms with Gasteiger partial charge in [-0.05, 0) is 99.2 Å². The molecule has 140 valence electrons. The van der Waals surface area contributed by atoms with Gasteiger partial charge in [-0.2, -0.15) is 5.26 Å². The van der Waals surface area contributed by atoms with Crippen molar-refractivity contribution in [2.45, 2.75) is 63.7 Å². The van der Waals surface area contributed by atoms with E-state index >= 15 is 0 Å². The molecule has 3 heteroatoms. The van der Waals surface area contributed by atoms with Crippen molar-refractivity contribution in [2.75, 3.05) is 6.67 Å². The molecule has 0 radical (unpaired) electrons. The summed E-state index contributed by atoms with van der Waals surface area (Å²) in [5, 5.41) is 8.87. The second-order valence-electron chi connectivity index (χ2n) is 8.04. The molecule has 0 aromatic heterocycles. The van der Waals surface area contributed by atoms with Crippen LogP contribution in [0.5, 0.6) is 0 Å². The maximum absolute atomic E-state index is 13.9. The zero-order valence-corrected chi connectivity index (χ0v) is 15.5. The van der Waals surface area contributed by atoms with Crippen LogP contribution in [0.15, 0.2) is 30.4 Å². The molecule has 0 heterocycles. The van der Waals surface area contributed by atoms with E-state index in [1.807, 2.05) is 18.2 Å². The van der Waals surface area contributed by atoms with Crippen molar-refractivity contribution in [2.24, 2.45) is 17.8 Å². The third kappa shape index (κ3) is 4.72. The van der Waals surface area contributed by atoms with Crippen LogP contribution in [0.2, 0.25) is 0 Å². The smallest absolute Gasteiger partial charge is 0.141 e. The Kier molecular flexibility index (Phi) is 6.83. The highest BCUT2D eigenvalue weighted by molar-refractivity contribution is 5.34. The SMILES string of the molecule is N#Cc1ccc(C2CCC([C@H]3CC[C@H](/C=C/CCF)CC3)CC2)cc1F. The maximum Gasteiger partial charge on any atom is 0.141 e. The summed E-state index contributed by atoms with van der Waals surface area (Å²) in [6.07, 6.45) is 14.6. The highest BCUT2D eigenvalue weighted by atomic mass is 19.1. The lowest BCUT2D eigenvalue weighted by molar-refractivity contribution is 0.171. The number of hydrogen-bond donors (Lipinski definition) is 0. The second-order valence-corrected chi connectivity index (χ2v) is 8.04. The van der Waals surface area contributed by atoms with E-state index in [1.165, 1.54) is 38.5 Å². The molecule has 0 bridgehead atoms. The van der Waals surface area contributed by atoms with Gasteiger partial charge in [-0.1, -0.05) is 18.2 Å². The fourth-order valence-corrected chi connectivity index (χ4v) is 4.96. The normalized spacial score (nSPS) is 29.6. The highest BCUT2D eigenvalue weighted by Crippen LogP contribution is 2.44. The van der Waals surface area contributed by atoms with Gasteiger partial charge in [-0.15, -0.1) is 0 Å². The van der Waals surface area contributed by atoms with Gasteiger partial charge < -0.3 is 0 Å². The van der Waals surface area contributed by atoms with E-state index in [4.69, 9.17) is 5.26 Å². The molecular formula is C23H29F2N. The Morgan fingerprint density at radius 3 is 2.23 bits per heavy atom. The average Bonchev–Trinajstić information content (AvgIpc) is 2.69. The van der Waals surface area contributed by atoms with E-state index in [1.54, 1.807) is 12.1 Å². The molecule has 2 aliphatic rings. The number of rotatable bonds is 5. The van der Waals surface area contributed by atoms with Crippen molar-refractivity contribution in [3.8, 4) is 6.07 Å². The summed E-state index contributed by atoms with van der Waals surface area (Å²) in [4.78, 5) is 0. The largest absolute Gasteiger partial charge is 0.251 e. The maximum atomic E-state index is 13.9. The lowest BCUT2D eigenvalue weighted by Crippen LogP contribution is -2.25. The van der Waals surface area contributed by atoms with Crippen LogP contribution in [0, 0.1) is 34.9 Å². The first-order valence-corrected chi connectivity index (χ1v) is 10.1. The van der Waals surface area contributed by atoms with Crippen molar-refractivity contribution in [1.82, 2.24) is 0 Å². The Bertz CT molecular complexity index is 645. The quantitative estimate of drug-likeness (QED) is 0.538. The van der Waals surface area contributed by atoms with Crippen LogP contribution in [0.25, 0.3) is 0 Å². The Morgan fingerprint density at radius 1 is 1.00 bits per heavy atom. The number of allylic oxidation sites excluding steroid dienone is 2. The van der Waals surface area contributed by atoms with Crippen LogP contribution in [0.4, 0.5) is 8.78 Å². The van der Waals surface area contributed by atoms with Crippen molar-refractivity contribution >= 4 is 0 Å². The topological polar surface area (TPSA) is 23.8 Å². The standard InChI is InChI=1S/C23H29F2N/c24-14-2-1-3-17-4-6-18(7-5-17)19-8-10-20(11-9-19)21-12-13-22(16-26)23(25)15-21/h1,3,12-13,15,17-20H,2,4-11,14H2/b3-1+/t17-,18-,19?,20?. The third-order valence-corrected chi connectivity index (χ3v) is 6.52. The van der Waals surface area contributed by atoms with Gasteiger partial charge in [0.05, 0.1) is 12.2 Å². The molecule has 0 aliphatic heterocycles. The molecule has 0 atom stereocenters. The molecule has 26 heavy (non-hydrogen) atoms. The summed E-state index contributed by atoms with van der Waals surface area (Å²) in [6, 6.07) is 7.02. The number of hydrogen-bond acceptors (Lipinski definition) is 1. The van der Waals surface area contributed by atoms with E-state index in [-0.39, 0.29) is 18.1 Å². The van der Waals surface area contributed by atoms with Gasteiger partial charge in [0.15, 0.2) is 0 Å².